The molecule has 3 rings (SSSR count). The van der Waals surface area contributed by atoms with Gasteiger partial charge in [-0.2, -0.15) is 0 Å². The van der Waals surface area contributed by atoms with Crippen molar-refractivity contribution in [3.63, 3.8) is 0 Å². The van der Waals surface area contributed by atoms with Crippen molar-refractivity contribution in [3.05, 3.63) is 82.8 Å². The third kappa shape index (κ3) is 2.45. The van der Waals surface area contributed by atoms with E-state index in [9.17, 15) is 4.91 Å². The highest BCUT2D eigenvalue weighted by molar-refractivity contribution is 5.89. The van der Waals surface area contributed by atoms with Crippen LogP contribution in [0.2, 0.25) is 0 Å². The van der Waals surface area contributed by atoms with Crippen molar-refractivity contribution in [3.8, 4) is 0 Å². The van der Waals surface area contributed by atoms with Crippen LogP contribution in [-0.2, 0) is 12.8 Å². The predicted molar refractivity (Wildman–Crippen MR) is 83.3 cm³/mol. The Morgan fingerprint density at radius 3 is 2.30 bits per heavy atom. The normalized spacial score (nSPS) is 10.6. The minimum absolute atomic E-state index is 0.555. The summed E-state index contributed by atoms with van der Waals surface area (Å²) in [4.78, 5) is 11.0. The van der Waals surface area contributed by atoms with E-state index in [4.69, 9.17) is 0 Å². The van der Waals surface area contributed by atoms with E-state index < -0.39 is 0 Å². The lowest BCUT2D eigenvalue weighted by molar-refractivity contribution is 0.968. The summed E-state index contributed by atoms with van der Waals surface area (Å²) >= 11 is 0. The zero-order valence-electron chi connectivity index (χ0n) is 11.1. The number of fused-ring (bicyclic) bond motifs is 1. The summed E-state index contributed by atoms with van der Waals surface area (Å²) in [5, 5.41) is 5.46. The molecule has 0 bridgehead atoms. The fourth-order valence-corrected chi connectivity index (χ4v) is 2.59. The van der Waals surface area contributed by atoms with Crippen molar-refractivity contribution in [2.24, 2.45) is 5.18 Å². The average Bonchev–Trinajstić information content (AvgIpc) is 2.53. The van der Waals surface area contributed by atoms with Gasteiger partial charge in [0, 0.05) is 0 Å². The zero-order valence-corrected chi connectivity index (χ0v) is 11.1. The van der Waals surface area contributed by atoms with Crippen molar-refractivity contribution in [1.82, 2.24) is 0 Å². The van der Waals surface area contributed by atoms with Gasteiger partial charge in [-0.15, -0.1) is 4.91 Å². The SMILES string of the molecule is O=Nc1ccc2ccccc2c1CCc1ccccc1. The number of hydrogen-bond donors (Lipinski definition) is 0. The van der Waals surface area contributed by atoms with Crippen molar-refractivity contribution < 1.29 is 0 Å². The van der Waals surface area contributed by atoms with E-state index in [2.05, 4.69) is 29.4 Å². The lowest BCUT2D eigenvalue weighted by Crippen LogP contribution is -1.93. The standard InChI is InChI=1S/C18H15NO/c20-19-18-13-11-15-8-4-5-9-16(15)17(18)12-10-14-6-2-1-3-7-14/h1-9,11,13H,10,12H2. The second-order valence-electron chi connectivity index (χ2n) is 4.86. The van der Waals surface area contributed by atoms with Gasteiger partial charge < -0.3 is 0 Å². The maximum Gasteiger partial charge on any atom is 0.111 e. The molecule has 0 fully saturated rings. The maximum atomic E-state index is 11.0. The van der Waals surface area contributed by atoms with Crippen molar-refractivity contribution in [2.45, 2.75) is 12.8 Å². The van der Waals surface area contributed by atoms with E-state index in [1.165, 1.54) is 5.56 Å². The molecule has 0 radical (unpaired) electrons. The molecule has 0 heterocycles. The Balaban J connectivity index is 1.98. The molecule has 0 N–H and O–H groups in total. The van der Waals surface area contributed by atoms with Gasteiger partial charge in [0.05, 0.1) is 0 Å². The Kier molecular flexibility index (Phi) is 3.55. The first-order valence-corrected chi connectivity index (χ1v) is 6.76. The van der Waals surface area contributed by atoms with Gasteiger partial charge in [-0.1, -0.05) is 60.7 Å². The van der Waals surface area contributed by atoms with Gasteiger partial charge >= 0.3 is 0 Å². The summed E-state index contributed by atoms with van der Waals surface area (Å²) in [5.41, 5.74) is 2.87. The molecular formula is C18H15NO. The van der Waals surface area contributed by atoms with E-state index in [1.54, 1.807) is 0 Å². The second-order valence-corrected chi connectivity index (χ2v) is 4.86. The molecule has 0 unspecified atom stereocenters. The van der Waals surface area contributed by atoms with E-state index in [-0.39, 0.29) is 0 Å². The number of rotatable bonds is 4. The maximum absolute atomic E-state index is 11.0. The minimum Gasteiger partial charge on any atom is -0.145 e. The molecule has 98 valence electrons. The third-order valence-electron chi connectivity index (χ3n) is 3.62. The third-order valence-corrected chi connectivity index (χ3v) is 3.62. The van der Waals surface area contributed by atoms with Gasteiger partial charge in [-0.05, 0) is 46.0 Å². The number of benzene rings is 3. The largest absolute Gasteiger partial charge is 0.145 e. The molecule has 0 spiro atoms. The Bertz CT molecular complexity index is 735. The lowest BCUT2D eigenvalue weighted by Gasteiger charge is -2.08. The van der Waals surface area contributed by atoms with Gasteiger partial charge in [0.15, 0.2) is 0 Å². The van der Waals surface area contributed by atoms with Crippen LogP contribution < -0.4 is 0 Å². The fourth-order valence-electron chi connectivity index (χ4n) is 2.59. The summed E-state index contributed by atoms with van der Waals surface area (Å²) in [5.74, 6) is 0. The topological polar surface area (TPSA) is 29.4 Å². The number of aryl methyl sites for hydroxylation is 2. The second kappa shape index (κ2) is 5.66. The number of hydrogen-bond acceptors (Lipinski definition) is 2. The average molecular weight is 261 g/mol. The highest BCUT2D eigenvalue weighted by Crippen LogP contribution is 2.29. The van der Waals surface area contributed by atoms with Crippen LogP contribution in [0.25, 0.3) is 10.8 Å². The summed E-state index contributed by atoms with van der Waals surface area (Å²) in [6.07, 6.45) is 1.74. The van der Waals surface area contributed by atoms with Crippen LogP contribution >= 0.6 is 0 Å². The molecule has 3 aromatic carbocycles. The molecule has 2 nitrogen and oxygen atoms in total. The Hall–Kier alpha value is -2.48. The van der Waals surface area contributed by atoms with Gasteiger partial charge in [0.25, 0.3) is 0 Å². The predicted octanol–water partition coefficient (Wildman–Crippen LogP) is 5.02. The zero-order chi connectivity index (χ0) is 13.8. The quantitative estimate of drug-likeness (QED) is 0.606. The molecule has 0 saturated heterocycles. The van der Waals surface area contributed by atoms with Crippen LogP contribution in [0, 0.1) is 4.91 Å². The van der Waals surface area contributed by atoms with Crippen LogP contribution in [0.3, 0.4) is 0 Å². The first-order valence-electron chi connectivity index (χ1n) is 6.76. The lowest BCUT2D eigenvalue weighted by atomic mass is 9.97. The Labute approximate surface area is 118 Å². The number of nitrogens with zero attached hydrogens (tertiary/aromatic N) is 1. The van der Waals surface area contributed by atoms with E-state index >= 15 is 0 Å². The summed E-state index contributed by atoms with van der Waals surface area (Å²) < 4.78 is 0. The molecule has 20 heavy (non-hydrogen) atoms. The van der Waals surface area contributed by atoms with Crippen LogP contribution in [-0.4, -0.2) is 0 Å². The van der Waals surface area contributed by atoms with Crippen LogP contribution in [0.1, 0.15) is 11.1 Å². The summed E-state index contributed by atoms with van der Waals surface area (Å²) in [7, 11) is 0. The van der Waals surface area contributed by atoms with Gasteiger partial charge in [0.2, 0.25) is 0 Å². The molecule has 3 aromatic rings. The highest BCUT2D eigenvalue weighted by atomic mass is 16.3. The fraction of sp³-hybridized carbons (Fsp3) is 0.111. The van der Waals surface area contributed by atoms with Crippen LogP contribution in [0.5, 0.6) is 0 Å². The molecule has 0 atom stereocenters. The van der Waals surface area contributed by atoms with E-state index in [0.29, 0.717) is 5.69 Å². The molecule has 0 saturated carbocycles. The molecular weight excluding hydrogens is 246 g/mol. The van der Waals surface area contributed by atoms with Crippen molar-refractivity contribution >= 4 is 16.5 Å². The van der Waals surface area contributed by atoms with E-state index in [1.807, 2.05) is 42.5 Å². The van der Waals surface area contributed by atoms with Crippen LogP contribution in [0.15, 0.2) is 71.9 Å². The summed E-state index contributed by atoms with van der Waals surface area (Å²) in [6, 6.07) is 22.2. The first-order chi connectivity index (χ1) is 9.88. The smallest absolute Gasteiger partial charge is 0.111 e. The van der Waals surface area contributed by atoms with Gasteiger partial charge in [0.1, 0.15) is 5.69 Å². The Morgan fingerprint density at radius 2 is 1.50 bits per heavy atom. The molecule has 0 aliphatic carbocycles. The molecule has 2 heteroatoms. The van der Waals surface area contributed by atoms with Gasteiger partial charge in [-0.3, -0.25) is 0 Å². The highest BCUT2D eigenvalue weighted by Gasteiger charge is 2.08. The molecule has 0 amide bonds. The van der Waals surface area contributed by atoms with Gasteiger partial charge in [-0.25, -0.2) is 0 Å². The summed E-state index contributed by atoms with van der Waals surface area (Å²) in [6.45, 7) is 0. The van der Waals surface area contributed by atoms with Crippen LogP contribution in [0.4, 0.5) is 5.69 Å². The van der Waals surface area contributed by atoms with E-state index in [0.717, 1.165) is 29.2 Å². The van der Waals surface area contributed by atoms with Crippen molar-refractivity contribution in [1.29, 1.82) is 0 Å². The molecule has 0 aromatic heterocycles. The monoisotopic (exact) mass is 261 g/mol. The Morgan fingerprint density at radius 1 is 0.750 bits per heavy atom. The van der Waals surface area contributed by atoms with Crippen molar-refractivity contribution in [2.75, 3.05) is 0 Å². The molecule has 0 aliphatic rings. The number of nitroso groups, excluding NO2 is 1. The first kappa shape index (κ1) is 12.5. The molecule has 0 aliphatic heterocycles. The minimum atomic E-state index is 0.555.